The van der Waals surface area contributed by atoms with Gasteiger partial charge in [0.1, 0.15) is 22.9 Å². The first-order valence-electron chi connectivity index (χ1n) is 9.11. The van der Waals surface area contributed by atoms with E-state index < -0.39 is 0 Å². The maximum atomic E-state index is 13.3. The Labute approximate surface area is 162 Å². The Kier molecular flexibility index (Phi) is 5.19. The van der Waals surface area contributed by atoms with Gasteiger partial charge < -0.3 is 9.47 Å². The maximum absolute atomic E-state index is 13.3. The lowest BCUT2D eigenvalue weighted by Crippen LogP contribution is -2.07. The van der Waals surface area contributed by atoms with E-state index in [-0.39, 0.29) is 5.82 Å². The summed E-state index contributed by atoms with van der Waals surface area (Å²) in [6, 6.07) is 13.9. The van der Waals surface area contributed by atoms with E-state index in [4.69, 9.17) is 9.47 Å². The minimum atomic E-state index is -0.279. The standard InChI is InChI=1S/C22H20FN3O2/c1-16-5-10-20-25-21(17-6-8-18(23)9-7-17)22(26(20)15-16)28-13-3-12-27-19-4-2-11-24-14-19/h2,4-11,14-15H,3,12-13H2,1H3. The first-order chi connectivity index (χ1) is 13.7. The number of imidazole rings is 1. The summed E-state index contributed by atoms with van der Waals surface area (Å²) in [7, 11) is 0. The van der Waals surface area contributed by atoms with Crippen molar-refractivity contribution in [2.45, 2.75) is 13.3 Å². The van der Waals surface area contributed by atoms with Gasteiger partial charge in [-0.1, -0.05) is 6.07 Å². The number of rotatable bonds is 7. The zero-order valence-electron chi connectivity index (χ0n) is 15.5. The van der Waals surface area contributed by atoms with Crippen LogP contribution in [0.15, 0.2) is 67.1 Å². The fraction of sp³-hybridized carbons (Fsp3) is 0.182. The highest BCUT2D eigenvalue weighted by atomic mass is 19.1. The van der Waals surface area contributed by atoms with E-state index in [2.05, 4.69) is 9.97 Å². The summed E-state index contributed by atoms with van der Waals surface area (Å²) >= 11 is 0. The smallest absolute Gasteiger partial charge is 0.226 e. The van der Waals surface area contributed by atoms with Crippen molar-refractivity contribution in [3.63, 3.8) is 0 Å². The van der Waals surface area contributed by atoms with Crippen LogP contribution in [0.3, 0.4) is 0 Å². The molecule has 142 valence electrons. The molecule has 0 radical (unpaired) electrons. The molecule has 5 nitrogen and oxygen atoms in total. The third-order valence-electron chi connectivity index (χ3n) is 4.27. The second-order valence-corrected chi connectivity index (χ2v) is 6.45. The molecule has 0 aliphatic carbocycles. The fourth-order valence-corrected chi connectivity index (χ4v) is 2.91. The number of aromatic nitrogens is 3. The van der Waals surface area contributed by atoms with Gasteiger partial charge >= 0.3 is 0 Å². The van der Waals surface area contributed by atoms with Crippen molar-refractivity contribution in [3.8, 4) is 22.9 Å². The number of hydrogen-bond donors (Lipinski definition) is 0. The van der Waals surface area contributed by atoms with Gasteiger partial charge in [0, 0.05) is 24.4 Å². The second kappa shape index (κ2) is 8.08. The zero-order valence-corrected chi connectivity index (χ0v) is 15.5. The van der Waals surface area contributed by atoms with E-state index in [1.807, 2.05) is 41.8 Å². The largest absolute Gasteiger partial charge is 0.492 e. The topological polar surface area (TPSA) is 48.7 Å². The third-order valence-corrected chi connectivity index (χ3v) is 4.27. The molecule has 0 N–H and O–H groups in total. The summed E-state index contributed by atoms with van der Waals surface area (Å²) in [6.45, 7) is 3.01. The van der Waals surface area contributed by atoms with Crippen molar-refractivity contribution in [1.29, 1.82) is 0 Å². The van der Waals surface area contributed by atoms with E-state index in [1.54, 1.807) is 24.5 Å². The molecule has 0 aliphatic heterocycles. The number of nitrogens with zero attached hydrogens (tertiary/aromatic N) is 3. The van der Waals surface area contributed by atoms with Crippen LogP contribution in [-0.4, -0.2) is 27.6 Å². The minimum Gasteiger partial charge on any atom is -0.492 e. The lowest BCUT2D eigenvalue weighted by molar-refractivity contribution is 0.241. The van der Waals surface area contributed by atoms with Gasteiger partial charge in [0.05, 0.1) is 19.4 Å². The summed E-state index contributed by atoms with van der Waals surface area (Å²) in [4.78, 5) is 8.70. The number of hydrogen-bond acceptors (Lipinski definition) is 4. The van der Waals surface area contributed by atoms with Crippen LogP contribution >= 0.6 is 0 Å². The van der Waals surface area contributed by atoms with Crippen molar-refractivity contribution < 1.29 is 13.9 Å². The van der Waals surface area contributed by atoms with E-state index in [9.17, 15) is 4.39 Å². The average Bonchev–Trinajstić information content (AvgIpc) is 3.07. The van der Waals surface area contributed by atoms with E-state index in [1.165, 1.54) is 12.1 Å². The first-order valence-corrected chi connectivity index (χ1v) is 9.11. The molecule has 0 unspecified atom stereocenters. The van der Waals surface area contributed by atoms with Crippen LogP contribution < -0.4 is 9.47 Å². The molecule has 0 atom stereocenters. The quantitative estimate of drug-likeness (QED) is 0.438. The van der Waals surface area contributed by atoms with Gasteiger partial charge in [-0.25, -0.2) is 9.37 Å². The molecule has 3 heterocycles. The molecule has 0 saturated carbocycles. The Balaban J connectivity index is 1.52. The normalized spacial score (nSPS) is 10.9. The minimum absolute atomic E-state index is 0.279. The molecule has 0 fully saturated rings. The molecular formula is C22H20FN3O2. The molecule has 6 heteroatoms. The van der Waals surface area contributed by atoms with Crippen LogP contribution in [0.4, 0.5) is 4.39 Å². The number of ether oxygens (including phenoxy) is 2. The molecule has 0 bridgehead atoms. The van der Waals surface area contributed by atoms with Gasteiger partial charge in [-0.3, -0.25) is 9.38 Å². The zero-order chi connectivity index (χ0) is 19.3. The number of halogens is 1. The molecule has 0 saturated heterocycles. The number of fused-ring (bicyclic) bond motifs is 1. The lowest BCUT2D eigenvalue weighted by atomic mass is 10.1. The molecule has 0 aliphatic rings. The third kappa shape index (κ3) is 3.96. The monoisotopic (exact) mass is 377 g/mol. The highest BCUT2D eigenvalue weighted by molar-refractivity contribution is 5.69. The molecule has 0 amide bonds. The number of benzene rings is 1. The molecule has 0 spiro atoms. The summed E-state index contributed by atoms with van der Waals surface area (Å²) in [5, 5.41) is 0. The van der Waals surface area contributed by atoms with Crippen LogP contribution in [0, 0.1) is 12.7 Å². The van der Waals surface area contributed by atoms with Crippen LogP contribution in [0.25, 0.3) is 16.9 Å². The highest BCUT2D eigenvalue weighted by Crippen LogP contribution is 2.31. The van der Waals surface area contributed by atoms with Gasteiger partial charge in [0.25, 0.3) is 0 Å². The maximum Gasteiger partial charge on any atom is 0.226 e. The first kappa shape index (κ1) is 18.0. The molecule has 1 aromatic carbocycles. The summed E-state index contributed by atoms with van der Waals surface area (Å²) in [6.07, 6.45) is 6.08. The average molecular weight is 377 g/mol. The number of pyridine rings is 2. The Morgan fingerprint density at radius 1 is 1.00 bits per heavy atom. The van der Waals surface area contributed by atoms with Crippen molar-refractivity contribution in [2.75, 3.05) is 13.2 Å². The van der Waals surface area contributed by atoms with Crippen LogP contribution in [0.5, 0.6) is 11.6 Å². The molecule has 4 rings (SSSR count). The Morgan fingerprint density at radius 2 is 1.82 bits per heavy atom. The Hall–Kier alpha value is -3.41. The Bertz CT molecular complexity index is 1060. The van der Waals surface area contributed by atoms with Gasteiger partial charge in [0.15, 0.2) is 0 Å². The van der Waals surface area contributed by atoms with Crippen LogP contribution in [0.2, 0.25) is 0 Å². The van der Waals surface area contributed by atoms with E-state index >= 15 is 0 Å². The predicted octanol–water partition coefficient (Wildman–Crippen LogP) is 4.69. The van der Waals surface area contributed by atoms with Crippen molar-refractivity contribution >= 4 is 5.65 Å². The SMILES string of the molecule is Cc1ccc2nc(-c3ccc(F)cc3)c(OCCCOc3cccnc3)n2c1. The number of aryl methyl sites for hydroxylation is 1. The van der Waals surface area contributed by atoms with Crippen LogP contribution in [0.1, 0.15) is 12.0 Å². The molecular weight excluding hydrogens is 357 g/mol. The molecule has 3 aromatic heterocycles. The summed E-state index contributed by atoms with van der Waals surface area (Å²) in [5.74, 6) is 1.10. The van der Waals surface area contributed by atoms with Gasteiger partial charge in [-0.15, -0.1) is 0 Å². The summed E-state index contributed by atoms with van der Waals surface area (Å²) < 4.78 is 27.0. The van der Waals surface area contributed by atoms with Gasteiger partial charge in [-0.05, 0) is 55.0 Å². The fourth-order valence-electron chi connectivity index (χ4n) is 2.91. The van der Waals surface area contributed by atoms with Gasteiger partial charge in [-0.2, -0.15) is 0 Å². The second-order valence-electron chi connectivity index (χ2n) is 6.45. The Morgan fingerprint density at radius 3 is 2.61 bits per heavy atom. The predicted molar refractivity (Wildman–Crippen MR) is 105 cm³/mol. The highest BCUT2D eigenvalue weighted by Gasteiger charge is 2.16. The van der Waals surface area contributed by atoms with Crippen molar-refractivity contribution in [2.24, 2.45) is 0 Å². The summed E-state index contributed by atoms with van der Waals surface area (Å²) in [5.41, 5.74) is 3.38. The van der Waals surface area contributed by atoms with Crippen molar-refractivity contribution in [1.82, 2.24) is 14.4 Å². The van der Waals surface area contributed by atoms with E-state index in [0.717, 1.165) is 22.5 Å². The van der Waals surface area contributed by atoms with Crippen molar-refractivity contribution in [3.05, 3.63) is 78.5 Å². The molecule has 28 heavy (non-hydrogen) atoms. The lowest BCUT2D eigenvalue weighted by Gasteiger charge is -2.09. The van der Waals surface area contributed by atoms with Gasteiger partial charge in [0.2, 0.25) is 5.88 Å². The van der Waals surface area contributed by atoms with E-state index in [0.29, 0.717) is 31.2 Å². The molecule has 4 aromatic rings. The van der Waals surface area contributed by atoms with Crippen LogP contribution in [-0.2, 0) is 0 Å².